The molecule has 0 aliphatic heterocycles. The normalized spacial score (nSPS) is 20.7. The quantitative estimate of drug-likeness (QED) is 0.451. The summed E-state index contributed by atoms with van der Waals surface area (Å²) in [5.41, 5.74) is -0.836. The fourth-order valence-corrected chi connectivity index (χ4v) is 4.94. The third kappa shape index (κ3) is 5.36. The van der Waals surface area contributed by atoms with Crippen molar-refractivity contribution in [1.29, 1.82) is 0 Å². The lowest BCUT2D eigenvalue weighted by molar-refractivity contribution is -0.151. The van der Waals surface area contributed by atoms with Crippen molar-refractivity contribution in [2.75, 3.05) is 11.9 Å². The van der Waals surface area contributed by atoms with Crippen molar-refractivity contribution in [1.82, 2.24) is 15.0 Å². The summed E-state index contributed by atoms with van der Waals surface area (Å²) in [4.78, 5) is 24.6. The Morgan fingerprint density at radius 3 is 2.74 bits per heavy atom. The van der Waals surface area contributed by atoms with E-state index in [1.54, 1.807) is 31.3 Å². The van der Waals surface area contributed by atoms with E-state index < -0.39 is 17.5 Å². The number of anilines is 2. The molecule has 3 aromatic rings. The lowest BCUT2D eigenvalue weighted by Crippen LogP contribution is -2.34. The molecular weight excluding hydrogens is 469 g/mol. The number of hydrogen-bond donors (Lipinski definition) is 2. The Kier molecular flexibility index (Phi) is 6.85. The largest absolute Gasteiger partial charge is 0.466 e. The number of nitrogens with one attached hydrogen (secondary N) is 1. The molecule has 1 aromatic carbocycles. The monoisotopic (exact) mass is 492 g/mol. The minimum absolute atomic E-state index is 0.162. The molecule has 180 valence electrons. The number of benzene rings is 1. The number of carbonyl (C=O) groups is 1. The molecule has 0 bridgehead atoms. The van der Waals surface area contributed by atoms with Gasteiger partial charge in [0.2, 0.25) is 5.95 Å². The van der Waals surface area contributed by atoms with Crippen LogP contribution in [0.1, 0.15) is 43.3 Å². The van der Waals surface area contributed by atoms with Crippen molar-refractivity contribution in [2.24, 2.45) is 5.92 Å². The molecule has 1 saturated carbocycles. The first-order valence-corrected chi connectivity index (χ1v) is 11.6. The number of esters is 1. The smallest absolute Gasteiger partial charge is 0.433 e. The molecule has 1 fully saturated rings. The summed E-state index contributed by atoms with van der Waals surface area (Å²) in [6, 6.07) is 7.86. The highest BCUT2D eigenvalue weighted by molar-refractivity contribution is 7.15. The third-order valence-electron chi connectivity index (χ3n) is 5.69. The molecule has 0 radical (unpaired) electrons. The molecule has 0 saturated heterocycles. The summed E-state index contributed by atoms with van der Waals surface area (Å²) in [7, 11) is 0. The van der Waals surface area contributed by atoms with Gasteiger partial charge in [0.1, 0.15) is 16.3 Å². The highest BCUT2D eigenvalue weighted by Gasteiger charge is 2.39. The Morgan fingerprint density at radius 2 is 2.03 bits per heavy atom. The van der Waals surface area contributed by atoms with E-state index in [0.29, 0.717) is 43.0 Å². The number of thiazole rings is 1. The van der Waals surface area contributed by atoms with E-state index in [4.69, 9.17) is 4.74 Å². The fourth-order valence-electron chi connectivity index (χ4n) is 3.88. The van der Waals surface area contributed by atoms with Crippen molar-refractivity contribution in [3.8, 4) is 10.4 Å². The minimum atomic E-state index is -4.56. The van der Waals surface area contributed by atoms with Gasteiger partial charge in [-0.25, -0.2) is 15.0 Å². The molecule has 2 heterocycles. The van der Waals surface area contributed by atoms with Crippen LogP contribution in [0.3, 0.4) is 0 Å². The molecule has 0 atom stereocenters. The average Bonchev–Trinajstić information content (AvgIpc) is 3.31. The molecule has 1 aliphatic rings. The summed E-state index contributed by atoms with van der Waals surface area (Å²) < 4.78 is 43.8. The lowest BCUT2D eigenvalue weighted by Gasteiger charge is -2.33. The zero-order valence-corrected chi connectivity index (χ0v) is 19.1. The lowest BCUT2D eigenvalue weighted by atomic mass is 9.79. The van der Waals surface area contributed by atoms with Gasteiger partial charge in [0.25, 0.3) is 0 Å². The Labute approximate surface area is 198 Å². The van der Waals surface area contributed by atoms with Gasteiger partial charge in [0.15, 0.2) is 0 Å². The van der Waals surface area contributed by atoms with Gasteiger partial charge >= 0.3 is 12.1 Å². The predicted octanol–water partition coefficient (Wildman–Crippen LogP) is 5.30. The van der Waals surface area contributed by atoms with Crippen LogP contribution >= 0.6 is 11.3 Å². The molecule has 1 aliphatic carbocycles. The number of alkyl halides is 3. The maximum absolute atomic E-state index is 12.9. The second-order valence-electron chi connectivity index (χ2n) is 8.06. The number of aromatic nitrogens is 3. The third-order valence-corrected chi connectivity index (χ3v) is 6.93. The van der Waals surface area contributed by atoms with Crippen LogP contribution in [0.2, 0.25) is 0 Å². The summed E-state index contributed by atoms with van der Waals surface area (Å²) in [6.45, 7) is 2.11. The summed E-state index contributed by atoms with van der Waals surface area (Å²) in [5, 5.41) is 14.5. The molecule has 0 amide bonds. The number of rotatable bonds is 6. The summed E-state index contributed by atoms with van der Waals surface area (Å²) in [6.07, 6.45) is 0.0389. The van der Waals surface area contributed by atoms with Gasteiger partial charge in [-0.15, -0.1) is 11.3 Å². The standard InChI is InChI=1S/C23H23F3N4O3S/c1-2-33-19(31)14-6-9-22(32,10-7-14)20-28-13-17(34-20)15-4-3-5-16(12-15)29-21-27-11-8-18(30-21)23(24,25)26/h3-5,8,11-14,32H,2,6-7,9-10H2,1H3,(H,27,29,30). The van der Waals surface area contributed by atoms with E-state index in [-0.39, 0.29) is 17.8 Å². The summed E-state index contributed by atoms with van der Waals surface area (Å²) in [5.74, 6) is -0.594. The highest BCUT2D eigenvalue weighted by Crippen LogP contribution is 2.43. The van der Waals surface area contributed by atoms with E-state index in [9.17, 15) is 23.1 Å². The van der Waals surface area contributed by atoms with Gasteiger partial charge in [-0.05, 0) is 56.4 Å². The second-order valence-corrected chi connectivity index (χ2v) is 9.09. The van der Waals surface area contributed by atoms with Crippen LogP contribution in [-0.2, 0) is 21.3 Å². The van der Waals surface area contributed by atoms with E-state index in [1.807, 2.05) is 6.07 Å². The zero-order chi connectivity index (χ0) is 24.3. The van der Waals surface area contributed by atoms with Crippen LogP contribution in [0, 0.1) is 5.92 Å². The van der Waals surface area contributed by atoms with Crippen molar-refractivity contribution in [2.45, 2.75) is 44.4 Å². The van der Waals surface area contributed by atoms with Crippen LogP contribution < -0.4 is 5.32 Å². The van der Waals surface area contributed by atoms with Crippen molar-refractivity contribution in [3.63, 3.8) is 0 Å². The number of carbonyl (C=O) groups excluding carboxylic acids is 1. The molecule has 11 heteroatoms. The van der Waals surface area contributed by atoms with Crippen LogP contribution in [0.25, 0.3) is 10.4 Å². The van der Waals surface area contributed by atoms with Crippen LogP contribution in [0.15, 0.2) is 42.7 Å². The fraction of sp³-hybridized carbons (Fsp3) is 0.391. The molecule has 7 nitrogen and oxygen atoms in total. The predicted molar refractivity (Wildman–Crippen MR) is 120 cm³/mol. The van der Waals surface area contributed by atoms with E-state index in [2.05, 4.69) is 20.3 Å². The van der Waals surface area contributed by atoms with Gasteiger partial charge < -0.3 is 15.2 Å². The van der Waals surface area contributed by atoms with Crippen LogP contribution in [0.4, 0.5) is 24.8 Å². The van der Waals surface area contributed by atoms with Crippen molar-refractivity contribution in [3.05, 3.63) is 53.4 Å². The van der Waals surface area contributed by atoms with Gasteiger partial charge in [0, 0.05) is 18.1 Å². The van der Waals surface area contributed by atoms with Crippen LogP contribution in [-0.4, -0.2) is 32.6 Å². The number of ether oxygens (including phenoxy) is 1. The number of aliphatic hydroxyl groups is 1. The second kappa shape index (κ2) is 9.67. The van der Waals surface area contributed by atoms with Crippen LogP contribution in [0.5, 0.6) is 0 Å². The first-order chi connectivity index (χ1) is 16.2. The molecule has 0 spiro atoms. The van der Waals surface area contributed by atoms with Gasteiger partial charge in [-0.3, -0.25) is 4.79 Å². The SMILES string of the molecule is CCOC(=O)C1CCC(O)(c2ncc(-c3cccc(Nc4nccc(C(F)(F)F)n4)c3)s2)CC1. The maximum atomic E-state index is 12.9. The zero-order valence-electron chi connectivity index (χ0n) is 18.3. The van der Waals surface area contributed by atoms with Gasteiger partial charge in [-0.1, -0.05) is 12.1 Å². The number of hydrogen-bond acceptors (Lipinski definition) is 8. The molecule has 0 unspecified atom stereocenters. The Morgan fingerprint density at radius 1 is 1.26 bits per heavy atom. The topological polar surface area (TPSA) is 97.2 Å². The van der Waals surface area contributed by atoms with Crippen molar-refractivity contribution >= 4 is 28.9 Å². The van der Waals surface area contributed by atoms with Gasteiger partial charge in [0.05, 0.1) is 17.4 Å². The van der Waals surface area contributed by atoms with E-state index in [1.165, 1.54) is 11.3 Å². The Balaban J connectivity index is 1.47. The average molecular weight is 493 g/mol. The number of halogens is 3. The molecule has 4 rings (SSSR count). The minimum Gasteiger partial charge on any atom is -0.466 e. The Bertz CT molecular complexity index is 1160. The molecule has 34 heavy (non-hydrogen) atoms. The maximum Gasteiger partial charge on any atom is 0.433 e. The highest BCUT2D eigenvalue weighted by atomic mass is 32.1. The number of nitrogens with zero attached hydrogens (tertiary/aromatic N) is 3. The van der Waals surface area contributed by atoms with Gasteiger partial charge in [-0.2, -0.15) is 13.2 Å². The molecule has 2 aromatic heterocycles. The Hall–Kier alpha value is -3.05. The first-order valence-electron chi connectivity index (χ1n) is 10.8. The summed E-state index contributed by atoms with van der Waals surface area (Å²) >= 11 is 1.35. The van der Waals surface area contributed by atoms with E-state index >= 15 is 0 Å². The van der Waals surface area contributed by atoms with Crippen molar-refractivity contribution < 1.29 is 27.8 Å². The molecular formula is C23H23F3N4O3S. The van der Waals surface area contributed by atoms with E-state index in [0.717, 1.165) is 22.7 Å². The first kappa shape index (κ1) is 24.1. The molecule has 2 N–H and O–H groups in total.